The maximum absolute atomic E-state index is 13.4. The highest BCUT2D eigenvalue weighted by molar-refractivity contribution is 7.92. The molecule has 1 heterocycles. The van der Waals surface area contributed by atoms with Gasteiger partial charge in [0.2, 0.25) is 0 Å². The number of pyridine rings is 1. The first kappa shape index (κ1) is 22.6. The van der Waals surface area contributed by atoms with E-state index in [4.69, 9.17) is 11.6 Å². The lowest BCUT2D eigenvalue weighted by Crippen LogP contribution is -2.33. The molecule has 0 aliphatic rings. The van der Waals surface area contributed by atoms with E-state index >= 15 is 0 Å². The number of halogens is 4. The molecule has 0 saturated heterocycles. The Bertz CT molecular complexity index is 1220. The van der Waals surface area contributed by atoms with Gasteiger partial charge in [-0.15, -0.1) is 0 Å². The first-order valence-corrected chi connectivity index (χ1v) is 10.5. The van der Waals surface area contributed by atoms with Crippen molar-refractivity contribution >= 4 is 33.4 Å². The topological polar surface area (TPSA) is 87.6 Å². The van der Waals surface area contributed by atoms with Crippen molar-refractivity contribution < 1.29 is 31.5 Å². The molecule has 0 unspecified atom stereocenters. The molecular formula is C20H14ClF3N2O4S. The van der Waals surface area contributed by atoms with Crippen molar-refractivity contribution in [3.63, 3.8) is 0 Å². The van der Waals surface area contributed by atoms with Crippen LogP contribution in [0.15, 0.2) is 71.8 Å². The van der Waals surface area contributed by atoms with Gasteiger partial charge >= 0.3 is 12.1 Å². The quantitative estimate of drug-likeness (QED) is 0.556. The Morgan fingerprint density at radius 1 is 1.06 bits per heavy atom. The number of carboxylic acids is 1. The van der Waals surface area contributed by atoms with Gasteiger partial charge in [0.05, 0.1) is 22.7 Å². The Labute approximate surface area is 180 Å². The summed E-state index contributed by atoms with van der Waals surface area (Å²) in [4.78, 5) is 14.7. The minimum Gasteiger partial charge on any atom is -0.478 e. The van der Waals surface area contributed by atoms with Crippen molar-refractivity contribution in [3.8, 4) is 0 Å². The van der Waals surface area contributed by atoms with Gasteiger partial charge in [0, 0.05) is 6.20 Å². The SMILES string of the molecule is O=C(O)c1ccccc1S(=O)(=O)N(Cc1ccccc1)c1ncc(C(F)(F)F)cc1Cl. The van der Waals surface area contributed by atoms with Gasteiger partial charge in [0.25, 0.3) is 10.0 Å². The molecule has 1 aromatic heterocycles. The van der Waals surface area contributed by atoms with E-state index in [1.54, 1.807) is 30.3 Å². The van der Waals surface area contributed by atoms with Crippen molar-refractivity contribution in [1.82, 2.24) is 4.98 Å². The highest BCUT2D eigenvalue weighted by atomic mass is 35.5. The number of carbonyl (C=O) groups is 1. The van der Waals surface area contributed by atoms with Crippen LogP contribution in [-0.4, -0.2) is 24.5 Å². The third-order valence-corrected chi connectivity index (χ3v) is 6.31. The minimum absolute atomic E-state index is 0.338. The van der Waals surface area contributed by atoms with Gasteiger partial charge < -0.3 is 5.11 Å². The number of anilines is 1. The summed E-state index contributed by atoms with van der Waals surface area (Å²) in [6.07, 6.45) is -4.26. The molecular weight excluding hydrogens is 457 g/mol. The maximum atomic E-state index is 13.4. The molecule has 0 amide bonds. The minimum atomic E-state index is -4.73. The van der Waals surface area contributed by atoms with Crippen LogP contribution in [0.4, 0.5) is 19.0 Å². The van der Waals surface area contributed by atoms with Crippen LogP contribution in [0.3, 0.4) is 0 Å². The summed E-state index contributed by atoms with van der Waals surface area (Å²) in [6, 6.07) is 13.7. The monoisotopic (exact) mass is 470 g/mol. The van der Waals surface area contributed by atoms with Crippen LogP contribution >= 0.6 is 11.6 Å². The Hall–Kier alpha value is -3.11. The Kier molecular flexibility index (Phi) is 6.23. The molecule has 2 aromatic carbocycles. The number of hydrogen-bond donors (Lipinski definition) is 1. The van der Waals surface area contributed by atoms with Crippen molar-refractivity contribution in [3.05, 3.63) is 88.6 Å². The molecule has 0 bridgehead atoms. The number of aromatic carboxylic acids is 1. The number of alkyl halides is 3. The number of hydrogen-bond acceptors (Lipinski definition) is 4. The zero-order valence-corrected chi connectivity index (χ0v) is 17.1. The number of rotatable bonds is 6. The number of sulfonamides is 1. The summed E-state index contributed by atoms with van der Waals surface area (Å²) in [7, 11) is -4.57. The summed E-state index contributed by atoms with van der Waals surface area (Å²) >= 11 is 6.01. The van der Waals surface area contributed by atoms with Crippen LogP contribution in [0.5, 0.6) is 0 Å². The molecule has 1 N–H and O–H groups in total. The van der Waals surface area contributed by atoms with E-state index in [0.29, 0.717) is 22.1 Å². The van der Waals surface area contributed by atoms with Crippen LogP contribution in [0, 0.1) is 0 Å². The van der Waals surface area contributed by atoms with Crippen LogP contribution in [0.2, 0.25) is 5.02 Å². The van der Waals surface area contributed by atoms with Crippen molar-refractivity contribution in [1.29, 1.82) is 0 Å². The molecule has 0 fully saturated rings. The molecule has 31 heavy (non-hydrogen) atoms. The van der Waals surface area contributed by atoms with Crippen molar-refractivity contribution in [2.45, 2.75) is 17.6 Å². The third kappa shape index (κ3) is 4.80. The van der Waals surface area contributed by atoms with Crippen LogP contribution in [0.25, 0.3) is 0 Å². The fourth-order valence-electron chi connectivity index (χ4n) is 2.78. The third-order valence-electron chi connectivity index (χ3n) is 4.24. The summed E-state index contributed by atoms with van der Waals surface area (Å²) in [6.45, 7) is -0.338. The van der Waals surface area contributed by atoms with E-state index in [0.717, 1.165) is 12.1 Å². The van der Waals surface area contributed by atoms with Gasteiger partial charge in [0.15, 0.2) is 5.82 Å². The van der Waals surface area contributed by atoms with Crippen LogP contribution in [0.1, 0.15) is 21.5 Å². The summed E-state index contributed by atoms with van der Waals surface area (Å²) < 4.78 is 66.5. The molecule has 0 atom stereocenters. The zero-order valence-electron chi connectivity index (χ0n) is 15.5. The predicted octanol–water partition coefficient (Wildman–Crippen LogP) is 4.85. The fraction of sp³-hybridized carbons (Fsp3) is 0.100. The van der Waals surface area contributed by atoms with E-state index in [1.807, 2.05) is 0 Å². The first-order chi connectivity index (χ1) is 14.5. The second-order valence-corrected chi connectivity index (χ2v) is 8.56. The van der Waals surface area contributed by atoms with Gasteiger partial charge in [-0.2, -0.15) is 13.2 Å². The molecule has 0 spiro atoms. The molecule has 0 aliphatic heterocycles. The van der Waals surface area contributed by atoms with Gasteiger partial charge in [-0.3, -0.25) is 0 Å². The van der Waals surface area contributed by atoms with E-state index in [1.165, 1.54) is 12.1 Å². The number of nitrogens with zero attached hydrogens (tertiary/aromatic N) is 2. The molecule has 0 aliphatic carbocycles. The average Bonchev–Trinajstić information content (AvgIpc) is 2.72. The number of aromatic nitrogens is 1. The highest BCUT2D eigenvalue weighted by Gasteiger charge is 2.35. The smallest absolute Gasteiger partial charge is 0.417 e. The lowest BCUT2D eigenvalue weighted by atomic mass is 10.2. The van der Waals surface area contributed by atoms with Gasteiger partial charge in [0.1, 0.15) is 4.90 Å². The Balaban J connectivity index is 2.20. The summed E-state index contributed by atoms with van der Waals surface area (Å²) in [5, 5.41) is 8.85. The van der Waals surface area contributed by atoms with E-state index in [-0.39, 0.29) is 6.54 Å². The van der Waals surface area contributed by atoms with E-state index < -0.39 is 49.0 Å². The standard InChI is InChI=1S/C20H14ClF3N2O4S/c21-16-10-14(20(22,23)24)11-25-18(16)26(12-13-6-2-1-3-7-13)31(29,30)17-9-5-4-8-15(17)19(27)28/h1-11H,12H2,(H,27,28). The Morgan fingerprint density at radius 2 is 1.68 bits per heavy atom. The molecule has 6 nitrogen and oxygen atoms in total. The van der Waals surface area contributed by atoms with Crippen molar-refractivity contribution in [2.24, 2.45) is 0 Å². The zero-order chi connectivity index (χ0) is 22.8. The van der Waals surface area contributed by atoms with Gasteiger partial charge in [-0.1, -0.05) is 54.1 Å². The lowest BCUT2D eigenvalue weighted by molar-refractivity contribution is -0.137. The molecule has 3 aromatic rings. The second-order valence-electron chi connectivity index (χ2n) is 6.33. The molecule has 0 radical (unpaired) electrons. The largest absolute Gasteiger partial charge is 0.478 e. The number of benzene rings is 2. The molecule has 11 heteroatoms. The lowest BCUT2D eigenvalue weighted by Gasteiger charge is -2.25. The fourth-order valence-corrected chi connectivity index (χ4v) is 4.71. The average molecular weight is 471 g/mol. The van der Waals surface area contributed by atoms with Gasteiger partial charge in [-0.25, -0.2) is 22.5 Å². The van der Waals surface area contributed by atoms with Crippen LogP contribution < -0.4 is 4.31 Å². The second kappa shape index (κ2) is 8.56. The summed E-state index contributed by atoms with van der Waals surface area (Å²) in [5.41, 5.74) is -1.16. The molecule has 3 rings (SSSR count). The first-order valence-electron chi connectivity index (χ1n) is 8.63. The molecule has 162 valence electrons. The maximum Gasteiger partial charge on any atom is 0.417 e. The molecule has 0 saturated carbocycles. The van der Waals surface area contributed by atoms with Crippen molar-refractivity contribution in [2.75, 3.05) is 4.31 Å². The van der Waals surface area contributed by atoms with E-state index in [2.05, 4.69) is 4.98 Å². The Morgan fingerprint density at radius 3 is 2.26 bits per heavy atom. The predicted molar refractivity (Wildman–Crippen MR) is 107 cm³/mol. The highest BCUT2D eigenvalue weighted by Crippen LogP contribution is 2.36. The number of carboxylic acid groups (broad SMARTS) is 1. The van der Waals surface area contributed by atoms with E-state index in [9.17, 15) is 31.5 Å². The summed E-state index contributed by atoms with van der Waals surface area (Å²) in [5.74, 6) is -1.94. The van der Waals surface area contributed by atoms with Crippen LogP contribution in [-0.2, 0) is 22.7 Å². The van der Waals surface area contributed by atoms with Gasteiger partial charge in [-0.05, 0) is 23.8 Å². The normalized spacial score (nSPS) is 11.9.